The first-order valence-electron chi connectivity index (χ1n) is 6.78. The molecule has 0 radical (unpaired) electrons. The zero-order chi connectivity index (χ0) is 12.1. The molecule has 2 N–H and O–H groups in total. The SMILES string of the molecule is COCCNC(=O)CCNC1CC2CCC1C2. The lowest BCUT2D eigenvalue weighted by atomic mass is 9.95. The number of fused-ring (bicyclic) bond motifs is 2. The van der Waals surface area contributed by atoms with Crippen molar-refractivity contribution in [2.45, 2.75) is 38.1 Å². The van der Waals surface area contributed by atoms with E-state index in [9.17, 15) is 4.79 Å². The van der Waals surface area contributed by atoms with Gasteiger partial charge in [0.1, 0.15) is 0 Å². The minimum Gasteiger partial charge on any atom is -0.383 e. The van der Waals surface area contributed by atoms with Crippen LogP contribution in [0, 0.1) is 11.8 Å². The Morgan fingerprint density at radius 2 is 2.18 bits per heavy atom. The van der Waals surface area contributed by atoms with Crippen LogP contribution in [0.4, 0.5) is 0 Å². The Kier molecular flexibility index (Phi) is 4.80. The second-order valence-corrected chi connectivity index (χ2v) is 5.33. The summed E-state index contributed by atoms with van der Waals surface area (Å²) in [6.07, 6.45) is 6.15. The van der Waals surface area contributed by atoms with Crippen molar-refractivity contribution in [1.82, 2.24) is 10.6 Å². The van der Waals surface area contributed by atoms with Gasteiger partial charge in [-0.1, -0.05) is 6.42 Å². The Labute approximate surface area is 103 Å². The zero-order valence-electron chi connectivity index (χ0n) is 10.7. The Balaban J connectivity index is 1.52. The summed E-state index contributed by atoms with van der Waals surface area (Å²) in [6, 6.07) is 0.681. The minimum atomic E-state index is 0.123. The van der Waals surface area contributed by atoms with Gasteiger partial charge in [0, 0.05) is 32.7 Å². The maximum absolute atomic E-state index is 11.4. The van der Waals surface area contributed by atoms with Gasteiger partial charge in [-0.3, -0.25) is 4.79 Å². The summed E-state index contributed by atoms with van der Waals surface area (Å²) < 4.78 is 4.88. The predicted octanol–water partition coefficient (Wildman–Crippen LogP) is 0.917. The molecular weight excluding hydrogens is 216 g/mol. The highest BCUT2D eigenvalue weighted by molar-refractivity contribution is 5.76. The van der Waals surface area contributed by atoms with Gasteiger partial charge in [-0.25, -0.2) is 0 Å². The third-order valence-corrected chi connectivity index (χ3v) is 4.13. The van der Waals surface area contributed by atoms with Crippen LogP contribution in [0.25, 0.3) is 0 Å². The van der Waals surface area contributed by atoms with E-state index in [1.54, 1.807) is 7.11 Å². The average Bonchev–Trinajstić information content (AvgIpc) is 2.91. The van der Waals surface area contributed by atoms with Gasteiger partial charge in [0.25, 0.3) is 0 Å². The molecule has 4 heteroatoms. The maximum Gasteiger partial charge on any atom is 0.221 e. The lowest BCUT2D eigenvalue weighted by Crippen LogP contribution is -2.37. The Hall–Kier alpha value is -0.610. The zero-order valence-corrected chi connectivity index (χ0v) is 10.7. The largest absolute Gasteiger partial charge is 0.383 e. The molecule has 0 saturated heterocycles. The summed E-state index contributed by atoms with van der Waals surface area (Å²) in [5, 5.41) is 6.38. The van der Waals surface area contributed by atoms with Crippen LogP contribution in [-0.2, 0) is 9.53 Å². The normalized spacial score (nSPS) is 30.8. The monoisotopic (exact) mass is 240 g/mol. The molecular formula is C13H24N2O2. The number of ether oxygens (including phenoxy) is 1. The smallest absolute Gasteiger partial charge is 0.221 e. The second kappa shape index (κ2) is 6.36. The minimum absolute atomic E-state index is 0.123. The molecule has 17 heavy (non-hydrogen) atoms. The van der Waals surface area contributed by atoms with E-state index in [-0.39, 0.29) is 5.91 Å². The lowest BCUT2D eigenvalue weighted by Gasteiger charge is -2.22. The molecule has 3 unspecified atom stereocenters. The first-order chi connectivity index (χ1) is 8.29. The van der Waals surface area contributed by atoms with Crippen molar-refractivity contribution in [3.63, 3.8) is 0 Å². The summed E-state index contributed by atoms with van der Waals surface area (Å²) in [5.74, 6) is 1.97. The molecule has 2 aliphatic rings. The Bertz CT molecular complexity index is 258. The highest BCUT2D eigenvalue weighted by Crippen LogP contribution is 2.44. The van der Waals surface area contributed by atoms with Crippen molar-refractivity contribution in [2.24, 2.45) is 11.8 Å². The average molecular weight is 240 g/mol. The molecule has 2 saturated carbocycles. The molecule has 0 heterocycles. The number of rotatable bonds is 7. The fraction of sp³-hybridized carbons (Fsp3) is 0.923. The molecule has 2 rings (SSSR count). The molecule has 0 aromatic carbocycles. The first-order valence-corrected chi connectivity index (χ1v) is 6.78. The van der Waals surface area contributed by atoms with Gasteiger partial charge in [-0.15, -0.1) is 0 Å². The third kappa shape index (κ3) is 3.68. The molecule has 2 aliphatic carbocycles. The number of amides is 1. The summed E-state index contributed by atoms with van der Waals surface area (Å²) in [7, 11) is 1.64. The topological polar surface area (TPSA) is 50.4 Å². The van der Waals surface area contributed by atoms with Gasteiger partial charge < -0.3 is 15.4 Å². The standard InChI is InChI=1S/C13H24N2O2/c1-17-7-6-15-13(16)4-5-14-12-9-10-2-3-11(12)8-10/h10-12,14H,2-9H2,1H3,(H,15,16). The van der Waals surface area contributed by atoms with Crippen molar-refractivity contribution < 1.29 is 9.53 Å². The fourth-order valence-electron chi connectivity index (χ4n) is 3.25. The van der Waals surface area contributed by atoms with Gasteiger partial charge in [0.05, 0.1) is 6.61 Å². The number of carbonyl (C=O) groups excluding carboxylic acids is 1. The molecule has 98 valence electrons. The van der Waals surface area contributed by atoms with E-state index in [0.29, 0.717) is 25.6 Å². The number of carbonyl (C=O) groups is 1. The highest BCUT2D eigenvalue weighted by atomic mass is 16.5. The molecule has 0 aliphatic heterocycles. The van der Waals surface area contributed by atoms with Crippen molar-refractivity contribution in [3.05, 3.63) is 0 Å². The fourth-order valence-corrected chi connectivity index (χ4v) is 3.25. The first kappa shape index (κ1) is 12.8. The van der Waals surface area contributed by atoms with Crippen LogP contribution < -0.4 is 10.6 Å². The molecule has 3 atom stereocenters. The Morgan fingerprint density at radius 3 is 2.82 bits per heavy atom. The maximum atomic E-state index is 11.4. The van der Waals surface area contributed by atoms with Crippen molar-refractivity contribution in [1.29, 1.82) is 0 Å². The van der Waals surface area contributed by atoms with Crippen LogP contribution in [0.3, 0.4) is 0 Å². The van der Waals surface area contributed by atoms with Gasteiger partial charge in [0.15, 0.2) is 0 Å². The summed E-state index contributed by atoms with van der Waals surface area (Å²) in [5.41, 5.74) is 0. The Morgan fingerprint density at radius 1 is 1.29 bits per heavy atom. The molecule has 2 bridgehead atoms. The van der Waals surface area contributed by atoms with Crippen LogP contribution in [0.5, 0.6) is 0 Å². The van der Waals surface area contributed by atoms with Crippen molar-refractivity contribution in [2.75, 3.05) is 26.8 Å². The van der Waals surface area contributed by atoms with Gasteiger partial charge in [0.2, 0.25) is 5.91 Å². The van der Waals surface area contributed by atoms with Crippen LogP contribution in [0.15, 0.2) is 0 Å². The third-order valence-electron chi connectivity index (χ3n) is 4.13. The predicted molar refractivity (Wildman–Crippen MR) is 66.7 cm³/mol. The summed E-state index contributed by atoms with van der Waals surface area (Å²) in [4.78, 5) is 11.4. The van der Waals surface area contributed by atoms with E-state index in [4.69, 9.17) is 4.74 Å². The number of hydrogen-bond acceptors (Lipinski definition) is 3. The molecule has 4 nitrogen and oxygen atoms in total. The summed E-state index contributed by atoms with van der Waals surface area (Å²) in [6.45, 7) is 2.02. The van der Waals surface area contributed by atoms with E-state index in [2.05, 4.69) is 10.6 Å². The summed E-state index contributed by atoms with van der Waals surface area (Å²) >= 11 is 0. The second-order valence-electron chi connectivity index (χ2n) is 5.33. The molecule has 0 aromatic heterocycles. The molecule has 1 amide bonds. The van der Waals surface area contributed by atoms with E-state index in [1.165, 1.54) is 25.7 Å². The van der Waals surface area contributed by atoms with Crippen molar-refractivity contribution >= 4 is 5.91 Å². The number of nitrogens with one attached hydrogen (secondary N) is 2. The van der Waals surface area contributed by atoms with Crippen LogP contribution in [-0.4, -0.2) is 38.8 Å². The van der Waals surface area contributed by atoms with Crippen LogP contribution in [0.1, 0.15) is 32.1 Å². The van der Waals surface area contributed by atoms with Gasteiger partial charge in [-0.2, -0.15) is 0 Å². The number of hydrogen-bond donors (Lipinski definition) is 2. The molecule has 0 aromatic rings. The van der Waals surface area contributed by atoms with E-state index in [1.807, 2.05) is 0 Å². The quantitative estimate of drug-likeness (QED) is 0.651. The van der Waals surface area contributed by atoms with E-state index >= 15 is 0 Å². The highest BCUT2D eigenvalue weighted by Gasteiger charge is 2.38. The lowest BCUT2D eigenvalue weighted by molar-refractivity contribution is -0.121. The van der Waals surface area contributed by atoms with Gasteiger partial charge >= 0.3 is 0 Å². The van der Waals surface area contributed by atoms with E-state index < -0.39 is 0 Å². The molecule has 0 spiro atoms. The number of methoxy groups -OCH3 is 1. The van der Waals surface area contributed by atoms with Crippen LogP contribution in [0.2, 0.25) is 0 Å². The van der Waals surface area contributed by atoms with Gasteiger partial charge in [-0.05, 0) is 31.1 Å². The molecule has 2 fully saturated rings. The van der Waals surface area contributed by atoms with Crippen molar-refractivity contribution in [3.8, 4) is 0 Å². The van der Waals surface area contributed by atoms with Crippen LogP contribution >= 0.6 is 0 Å². The van der Waals surface area contributed by atoms with E-state index in [0.717, 1.165) is 18.4 Å².